The van der Waals surface area contributed by atoms with Crippen LogP contribution >= 0.6 is 23.2 Å². The third kappa shape index (κ3) is 4.43. The minimum Gasteiger partial charge on any atom is -0.489 e. The first-order valence-corrected chi connectivity index (χ1v) is 8.94. The first-order valence-electron chi connectivity index (χ1n) is 8.02. The van der Waals surface area contributed by atoms with Crippen molar-refractivity contribution in [1.82, 2.24) is 0 Å². The Hall–Kier alpha value is -1.18. The SMILES string of the molecule is CC(C)c1ccc(C(C)C)c(OCc2c(Cl)cccc2CCl)c1. The van der Waals surface area contributed by atoms with Crippen LogP contribution < -0.4 is 4.74 Å². The number of halogens is 2. The molecule has 0 N–H and O–H groups in total. The number of hydrogen-bond donors (Lipinski definition) is 0. The normalized spacial score (nSPS) is 11.3. The molecule has 3 heteroatoms. The van der Waals surface area contributed by atoms with E-state index in [1.807, 2.05) is 18.2 Å². The second kappa shape index (κ2) is 8.08. The van der Waals surface area contributed by atoms with Gasteiger partial charge >= 0.3 is 0 Å². The third-order valence-electron chi connectivity index (χ3n) is 4.06. The number of hydrogen-bond acceptors (Lipinski definition) is 1. The first kappa shape index (κ1) is 18.2. The predicted octanol–water partition coefficient (Wildman–Crippen LogP) is 6.90. The molecule has 2 aromatic rings. The van der Waals surface area contributed by atoms with Crippen molar-refractivity contribution in [3.05, 3.63) is 63.7 Å². The monoisotopic (exact) mass is 350 g/mol. The molecule has 0 aromatic heterocycles. The minimum atomic E-state index is 0.407. The maximum Gasteiger partial charge on any atom is 0.123 e. The Morgan fingerprint density at radius 2 is 1.74 bits per heavy atom. The highest BCUT2D eigenvalue weighted by atomic mass is 35.5. The van der Waals surface area contributed by atoms with Gasteiger partial charge in [0.15, 0.2) is 0 Å². The van der Waals surface area contributed by atoms with Crippen molar-refractivity contribution in [2.75, 3.05) is 0 Å². The van der Waals surface area contributed by atoms with Crippen LogP contribution in [0, 0.1) is 0 Å². The van der Waals surface area contributed by atoms with Gasteiger partial charge in [-0.1, -0.05) is 63.6 Å². The second-order valence-electron chi connectivity index (χ2n) is 6.41. The van der Waals surface area contributed by atoms with Crippen molar-refractivity contribution in [2.45, 2.75) is 52.0 Å². The zero-order valence-corrected chi connectivity index (χ0v) is 15.7. The van der Waals surface area contributed by atoms with Gasteiger partial charge in [0.1, 0.15) is 12.4 Å². The van der Waals surface area contributed by atoms with E-state index in [4.69, 9.17) is 27.9 Å². The quantitative estimate of drug-likeness (QED) is 0.514. The summed E-state index contributed by atoms with van der Waals surface area (Å²) in [6.07, 6.45) is 0. The summed E-state index contributed by atoms with van der Waals surface area (Å²) in [6, 6.07) is 12.3. The van der Waals surface area contributed by atoms with Gasteiger partial charge in [0.25, 0.3) is 0 Å². The summed E-state index contributed by atoms with van der Waals surface area (Å²) < 4.78 is 6.16. The average molecular weight is 351 g/mol. The fourth-order valence-electron chi connectivity index (χ4n) is 2.55. The molecule has 2 rings (SSSR count). The summed E-state index contributed by atoms with van der Waals surface area (Å²) >= 11 is 12.3. The third-order valence-corrected chi connectivity index (χ3v) is 4.70. The fraction of sp³-hybridized carbons (Fsp3) is 0.400. The van der Waals surface area contributed by atoms with Crippen LogP contribution in [0.1, 0.15) is 61.8 Å². The van der Waals surface area contributed by atoms with E-state index in [1.54, 1.807) is 0 Å². The zero-order chi connectivity index (χ0) is 17.0. The van der Waals surface area contributed by atoms with E-state index in [-0.39, 0.29) is 0 Å². The van der Waals surface area contributed by atoms with Gasteiger partial charge in [-0.05, 0) is 40.7 Å². The van der Waals surface area contributed by atoms with Gasteiger partial charge in [-0.15, -0.1) is 11.6 Å². The maximum absolute atomic E-state index is 6.32. The second-order valence-corrected chi connectivity index (χ2v) is 7.08. The van der Waals surface area contributed by atoms with Gasteiger partial charge < -0.3 is 4.74 Å². The zero-order valence-electron chi connectivity index (χ0n) is 14.2. The van der Waals surface area contributed by atoms with Crippen LogP contribution in [0.15, 0.2) is 36.4 Å². The lowest BCUT2D eigenvalue weighted by molar-refractivity contribution is 0.300. The van der Waals surface area contributed by atoms with Gasteiger partial charge in [-0.25, -0.2) is 0 Å². The molecule has 0 bridgehead atoms. The summed E-state index contributed by atoms with van der Waals surface area (Å²) in [5, 5.41) is 0.703. The molecule has 0 spiro atoms. The molecule has 124 valence electrons. The van der Waals surface area contributed by atoms with Crippen molar-refractivity contribution >= 4 is 23.2 Å². The molecule has 0 atom stereocenters. The Bertz CT molecular complexity index is 663. The summed E-state index contributed by atoms with van der Waals surface area (Å²) in [5.41, 5.74) is 4.48. The van der Waals surface area contributed by atoms with E-state index in [0.29, 0.717) is 29.3 Å². The van der Waals surface area contributed by atoms with Crippen molar-refractivity contribution in [1.29, 1.82) is 0 Å². The molecule has 0 aliphatic rings. The van der Waals surface area contributed by atoms with E-state index in [1.165, 1.54) is 11.1 Å². The fourth-order valence-corrected chi connectivity index (χ4v) is 3.05. The molecule has 0 unspecified atom stereocenters. The van der Waals surface area contributed by atoms with Gasteiger partial charge in [-0.3, -0.25) is 0 Å². The number of ether oxygens (including phenoxy) is 1. The van der Waals surface area contributed by atoms with Crippen molar-refractivity contribution in [3.63, 3.8) is 0 Å². The molecule has 23 heavy (non-hydrogen) atoms. The van der Waals surface area contributed by atoms with Gasteiger partial charge in [0.05, 0.1) is 0 Å². The molecule has 0 heterocycles. The lowest BCUT2D eigenvalue weighted by Gasteiger charge is -2.18. The first-order chi connectivity index (χ1) is 10.9. The predicted molar refractivity (Wildman–Crippen MR) is 100.0 cm³/mol. The molecule has 0 saturated heterocycles. The van der Waals surface area contributed by atoms with Gasteiger partial charge in [0.2, 0.25) is 0 Å². The molecule has 0 fully saturated rings. The Balaban J connectivity index is 2.31. The summed E-state index contributed by atoms with van der Waals surface area (Å²) in [5.74, 6) is 2.25. The number of alkyl halides is 1. The molecule has 0 amide bonds. The topological polar surface area (TPSA) is 9.23 Å². The summed E-state index contributed by atoms with van der Waals surface area (Å²) in [4.78, 5) is 0. The lowest BCUT2D eigenvalue weighted by Crippen LogP contribution is -2.04. The van der Waals surface area contributed by atoms with E-state index in [9.17, 15) is 0 Å². The highest BCUT2D eigenvalue weighted by molar-refractivity contribution is 6.31. The standard InChI is InChI=1S/C20H24Cl2O/c1-13(2)15-8-9-17(14(3)4)20(10-15)23-12-18-16(11-21)6-5-7-19(18)22/h5-10,13-14H,11-12H2,1-4H3. The highest BCUT2D eigenvalue weighted by Gasteiger charge is 2.13. The van der Waals surface area contributed by atoms with Crippen LogP contribution in [0.2, 0.25) is 5.02 Å². The lowest BCUT2D eigenvalue weighted by atomic mass is 9.96. The Morgan fingerprint density at radius 3 is 2.35 bits per heavy atom. The molecule has 0 aliphatic carbocycles. The Labute approximate surface area is 149 Å². The van der Waals surface area contributed by atoms with Crippen LogP contribution in [-0.2, 0) is 12.5 Å². The summed E-state index contributed by atoms with van der Waals surface area (Å²) in [7, 11) is 0. The minimum absolute atomic E-state index is 0.407. The molecule has 0 radical (unpaired) electrons. The molecule has 0 saturated carbocycles. The smallest absolute Gasteiger partial charge is 0.123 e. The maximum atomic E-state index is 6.32. The van der Waals surface area contributed by atoms with Crippen LogP contribution in [0.5, 0.6) is 5.75 Å². The highest BCUT2D eigenvalue weighted by Crippen LogP contribution is 2.32. The van der Waals surface area contributed by atoms with Crippen LogP contribution in [0.4, 0.5) is 0 Å². The number of benzene rings is 2. The van der Waals surface area contributed by atoms with Crippen molar-refractivity contribution in [3.8, 4) is 5.75 Å². The largest absolute Gasteiger partial charge is 0.489 e. The molecular formula is C20H24Cl2O. The van der Waals surface area contributed by atoms with E-state index in [2.05, 4.69) is 45.9 Å². The van der Waals surface area contributed by atoms with Crippen molar-refractivity contribution < 1.29 is 4.74 Å². The van der Waals surface area contributed by atoms with Crippen LogP contribution in [0.3, 0.4) is 0 Å². The molecule has 0 aliphatic heterocycles. The van der Waals surface area contributed by atoms with Gasteiger partial charge in [0, 0.05) is 16.5 Å². The van der Waals surface area contributed by atoms with Crippen LogP contribution in [0.25, 0.3) is 0 Å². The average Bonchev–Trinajstić information content (AvgIpc) is 2.52. The Kier molecular flexibility index (Phi) is 6.38. The summed E-state index contributed by atoms with van der Waals surface area (Å²) in [6.45, 7) is 9.17. The van der Waals surface area contributed by atoms with E-state index in [0.717, 1.165) is 16.9 Å². The van der Waals surface area contributed by atoms with Crippen LogP contribution in [-0.4, -0.2) is 0 Å². The van der Waals surface area contributed by atoms with Gasteiger partial charge in [-0.2, -0.15) is 0 Å². The molecule has 2 aromatic carbocycles. The van der Waals surface area contributed by atoms with E-state index < -0.39 is 0 Å². The van der Waals surface area contributed by atoms with Crippen molar-refractivity contribution in [2.24, 2.45) is 0 Å². The number of rotatable bonds is 6. The van der Waals surface area contributed by atoms with E-state index >= 15 is 0 Å². The molecular weight excluding hydrogens is 327 g/mol. The Morgan fingerprint density at radius 1 is 1.00 bits per heavy atom. The molecule has 1 nitrogen and oxygen atoms in total.